The highest BCUT2D eigenvalue weighted by Gasteiger charge is 2.14. The van der Waals surface area contributed by atoms with E-state index in [2.05, 4.69) is 15.3 Å². The van der Waals surface area contributed by atoms with Crippen LogP contribution < -0.4 is 11.1 Å². The van der Waals surface area contributed by atoms with Crippen molar-refractivity contribution in [2.24, 2.45) is 0 Å². The number of benzene rings is 1. The first-order valence-corrected chi connectivity index (χ1v) is 6.42. The normalized spacial score (nSPS) is 19.4. The number of aromatic amines is 1. The number of H-pyrrole nitrogens is 1. The number of nitrogens with zero attached hydrogens (tertiary/aromatic N) is 1. The molecule has 4 N–H and O–H groups in total. The molecule has 5 heteroatoms. The molecule has 0 bridgehead atoms. The first-order valence-electron chi connectivity index (χ1n) is 6.42. The van der Waals surface area contributed by atoms with Gasteiger partial charge in [-0.05, 0) is 37.5 Å². The molecule has 96 valence electrons. The Morgan fingerprint density at radius 2 is 2.44 bits per heavy atom. The SMILES string of the molecule is Nc1ccc2nc(NCCC3CCCO3)[nH]c2c1. The number of hydrogen-bond donors (Lipinski definition) is 3. The van der Waals surface area contributed by atoms with Crippen molar-refractivity contribution in [3.63, 3.8) is 0 Å². The fourth-order valence-electron chi connectivity index (χ4n) is 2.33. The van der Waals surface area contributed by atoms with Crippen molar-refractivity contribution in [1.82, 2.24) is 9.97 Å². The summed E-state index contributed by atoms with van der Waals surface area (Å²) >= 11 is 0. The van der Waals surface area contributed by atoms with Gasteiger partial charge in [0.2, 0.25) is 5.95 Å². The van der Waals surface area contributed by atoms with Gasteiger partial charge in [0.15, 0.2) is 0 Å². The molecule has 2 heterocycles. The van der Waals surface area contributed by atoms with Crippen LogP contribution in [0, 0.1) is 0 Å². The maximum absolute atomic E-state index is 5.73. The molecule has 5 nitrogen and oxygen atoms in total. The third-order valence-corrected chi connectivity index (χ3v) is 3.29. The Bertz CT molecular complexity index is 531. The van der Waals surface area contributed by atoms with Crippen molar-refractivity contribution in [1.29, 1.82) is 0 Å². The highest BCUT2D eigenvalue weighted by atomic mass is 16.5. The maximum Gasteiger partial charge on any atom is 0.201 e. The predicted octanol–water partition coefficient (Wildman–Crippen LogP) is 2.13. The molecule has 0 aliphatic carbocycles. The molecule has 1 aliphatic heterocycles. The van der Waals surface area contributed by atoms with E-state index in [4.69, 9.17) is 10.5 Å². The van der Waals surface area contributed by atoms with E-state index >= 15 is 0 Å². The summed E-state index contributed by atoms with van der Waals surface area (Å²) in [5.41, 5.74) is 8.38. The van der Waals surface area contributed by atoms with Crippen LogP contribution in [0.3, 0.4) is 0 Å². The van der Waals surface area contributed by atoms with Crippen LogP contribution >= 0.6 is 0 Å². The topological polar surface area (TPSA) is 76.0 Å². The van der Waals surface area contributed by atoms with Crippen molar-refractivity contribution in [3.05, 3.63) is 18.2 Å². The zero-order valence-corrected chi connectivity index (χ0v) is 10.3. The van der Waals surface area contributed by atoms with Gasteiger partial charge in [0.25, 0.3) is 0 Å². The van der Waals surface area contributed by atoms with Crippen molar-refractivity contribution in [2.75, 3.05) is 24.2 Å². The van der Waals surface area contributed by atoms with Gasteiger partial charge in [-0.2, -0.15) is 0 Å². The molecule has 1 atom stereocenters. The lowest BCUT2D eigenvalue weighted by Gasteiger charge is -2.08. The van der Waals surface area contributed by atoms with Gasteiger partial charge < -0.3 is 20.8 Å². The Balaban J connectivity index is 1.60. The second kappa shape index (κ2) is 4.86. The quantitative estimate of drug-likeness (QED) is 0.722. The highest BCUT2D eigenvalue weighted by molar-refractivity contribution is 5.80. The zero-order valence-electron chi connectivity index (χ0n) is 10.3. The number of rotatable bonds is 4. The smallest absolute Gasteiger partial charge is 0.201 e. The van der Waals surface area contributed by atoms with E-state index in [0.717, 1.165) is 42.2 Å². The van der Waals surface area contributed by atoms with Crippen LogP contribution in [0.25, 0.3) is 11.0 Å². The third kappa shape index (κ3) is 2.41. The van der Waals surface area contributed by atoms with E-state index in [9.17, 15) is 0 Å². The van der Waals surface area contributed by atoms with Crippen LogP contribution in [0.15, 0.2) is 18.2 Å². The average Bonchev–Trinajstić information content (AvgIpc) is 2.97. The van der Waals surface area contributed by atoms with E-state index in [0.29, 0.717) is 6.10 Å². The van der Waals surface area contributed by atoms with Crippen LogP contribution in [0.4, 0.5) is 11.6 Å². The monoisotopic (exact) mass is 246 g/mol. The lowest BCUT2D eigenvalue weighted by atomic mass is 10.2. The minimum Gasteiger partial charge on any atom is -0.399 e. The van der Waals surface area contributed by atoms with Crippen molar-refractivity contribution in [2.45, 2.75) is 25.4 Å². The van der Waals surface area contributed by atoms with Gasteiger partial charge in [-0.3, -0.25) is 0 Å². The second-order valence-corrected chi connectivity index (χ2v) is 4.71. The average molecular weight is 246 g/mol. The number of anilines is 2. The van der Waals surface area contributed by atoms with E-state index in [1.165, 1.54) is 12.8 Å². The zero-order chi connectivity index (χ0) is 12.4. The molecular weight excluding hydrogens is 228 g/mol. The number of fused-ring (bicyclic) bond motifs is 1. The summed E-state index contributed by atoms with van der Waals surface area (Å²) < 4.78 is 5.58. The molecule has 2 aromatic rings. The fraction of sp³-hybridized carbons (Fsp3) is 0.462. The molecule has 18 heavy (non-hydrogen) atoms. The Morgan fingerprint density at radius 3 is 3.28 bits per heavy atom. The highest BCUT2D eigenvalue weighted by Crippen LogP contribution is 2.18. The van der Waals surface area contributed by atoms with Crippen LogP contribution in [-0.4, -0.2) is 29.2 Å². The van der Waals surface area contributed by atoms with Crippen molar-refractivity contribution in [3.8, 4) is 0 Å². The van der Waals surface area contributed by atoms with Gasteiger partial charge in [0.1, 0.15) is 0 Å². The standard InChI is InChI=1S/C13H18N4O/c14-9-3-4-11-12(8-9)17-13(16-11)15-6-5-10-2-1-7-18-10/h3-4,8,10H,1-2,5-7,14H2,(H2,15,16,17). The molecule has 0 spiro atoms. The first-order chi connectivity index (χ1) is 8.81. The van der Waals surface area contributed by atoms with Gasteiger partial charge in [0.05, 0.1) is 17.1 Å². The number of nitrogens with one attached hydrogen (secondary N) is 2. The summed E-state index contributed by atoms with van der Waals surface area (Å²) in [5, 5.41) is 3.29. The molecule has 0 saturated carbocycles. The third-order valence-electron chi connectivity index (χ3n) is 3.29. The van der Waals surface area contributed by atoms with E-state index in [1.54, 1.807) is 0 Å². The molecule has 1 aromatic carbocycles. The van der Waals surface area contributed by atoms with Gasteiger partial charge >= 0.3 is 0 Å². The summed E-state index contributed by atoms with van der Waals surface area (Å²) in [5.74, 6) is 0.800. The minimum atomic E-state index is 0.414. The Hall–Kier alpha value is -1.75. The van der Waals surface area contributed by atoms with Crippen LogP contribution in [0.5, 0.6) is 0 Å². The summed E-state index contributed by atoms with van der Waals surface area (Å²) in [6.07, 6.45) is 3.81. The predicted molar refractivity (Wildman–Crippen MR) is 72.6 cm³/mol. The molecule has 1 aromatic heterocycles. The van der Waals surface area contributed by atoms with Crippen molar-refractivity contribution >= 4 is 22.7 Å². The van der Waals surface area contributed by atoms with E-state index in [1.807, 2.05) is 18.2 Å². The number of hydrogen-bond acceptors (Lipinski definition) is 4. The number of nitrogen functional groups attached to an aromatic ring is 1. The molecule has 1 unspecified atom stereocenters. The lowest BCUT2D eigenvalue weighted by Crippen LogP contribution is -2.12. The minimum absolute atomic E-state index is 0.414. The summed E-state index contributed by atoms with van der Waals surface area (Å²) in [6.45, 7) is 1.79. The number of nitrogens with two attached hydrogens (primary N) is 1. The number of imidazole rings is 1. The molecule has 1 saturated heterocycles. The van der Waals surface area contributed by atoms with Crippen LogP contribution in [-0.2, 0) is 4.74 Å². The molecule has 0 amide bonds. The van der Waals surface area contributed by atoms with Gasteiger partial charge in [-0.1, -0.05) is 0 Å². The Labute approximate surface area is 106 Å². The van der Waals surface area contributed by atoms with E-state index < -0.39 is 0 Å². The fourth-order valence-corrected chi connectivity index (χ4v) is 2.33. The molecule has 0 radical (unpaired) electrons. The van der Waals surface area contributed by atoms with Gasteiger partial charge in [-0.15, -0.1) is 0 Å². The summed E-state index contributed by atoms with van der Waals surface area (Å²) in [6, 6.07) is 5.68. The number of ether oxygens (including phenoxy) is 1. The first kappa shape index (κ1) is 11.3. The largest absolute Gasteiger partial charge is 0.399 e. The Kier molecular flexibility index (Phi) is 3.06. The van der Waals surface area contributed by atoms with E-state index in [-0.39, 0.29) is 0 Å². The summed E-state index contributed by atoms with van der Waals surface area (Å²) in [4.78, 5) is 7.67. The molecule has 3 rings (SSSR count). The lowest BCUT2D eigenvalue weighted by molar-refractivity contribution is 0.107. The Morgan fingerprint density at radius 1 is 1.50 bits per heavy atom. The second-order valence-electron chi connectivity index (χ2n) is 4.71. The van der Waals surface area contributed by atoms with Gasteiger partial charge in [0, 0.05) is 18.8 Å². The molecule has 1 fully saturated rings. The summed E-state index contributed by atoms with van der Waals surface area (Å²) in [7, 11) is 0. The van der Waals surface area contributed by atoms with Crippen LogP contribution in [0.2, 0.25) is 0 Å². The molecular formula is C13H18N4O. The number of aromatic nitrogens is 2. The maximum atomic E-state index is 5.73. The van der Waals surface area contributed by atoms with Gasteiger partial charge in [-0.25, -0.2) is 4.98 Å². The molecule has 1 aliphatic rings. The van der Waals surface area contributed by atoms with Crippen molar-refractivity contribution < 1.29 is 4.74 Å². The van der Waals surface area contributed by atoms with Crippen LogP contribution in [0.1, 0.15) is 19.3 Å².